The fraction of sp³-hybridized carbons (Fsp3) is 0.300. The van der Waals surface area contributed by atoms with Gasteiger partial charge in [0.05, 0.1) is 20.8 Å². The number of likely N-dealkylation sites (N-methyl/N-ethyl adjacent to an activating group) is 1. The van der Waals surface area contributed by atoms with Crippen LogP contribution >= 0.6 is 0 Å². The highest BCUT2D eigenvalue weighted by Crippen LogP contribution is 2.27. The third kappa shape index (κ3) is 6.31. The molecule has 144 valence electrons. The Labute approximate surface area is 159 Å². The Morgan fingerprint density at radius 2 is 1.52 bits per heavy atom. The van der Waals surface area contributed by atoms with Gasteiger partial charge in [0, 0.05) is 24.8 Å². The second-order valence-corrected chi connectivity index (χ2v) is 6.17. The molecule has 0 spiro atoms. The predicted molar refractivity (Wildman–Crippen MR) is 105 cm³/mol. The van der Waals surface area contributed by atoms with Crippen molar-refractivity contribution < 1.29 is 19.1 Å². The molecule has 0 unspecified atom stereocenters. The second-order valence-electron chi connectivity index (χ2n) is 6.17. The molecule has 0 heterocycles. The zero-order valence-electron chi connectivity index (χ0n) is 16.0. The number of nitrogens with zero attached hydrogens (tertiary/aromatic N) is 1. The first-order valence-corrected chi connectivity index (χ1v) is 8.48. The lowest BCUT2D eigenvalue weighted by Gasteiger charge is -2.17. The molecule has 2 rings (SSSR count). The molecule has 0 saturated heterocycles. The first-order chi connectivity index (χ1) is 12.9. The summed E-state index contributed by atoms with van der Waals surface area (Å²) in [6.45, 7) is 2.28. The molecule has 0 aromatic heterocycles. The van der Waals surface area contributed by atoms with Crippen LogP contribution in [0.1, 0.15) is 12.5 Å². The molecule has 0 saturated carbocycles. The molecule has 0 atom stereocenters. The fourth-order valence-electron chi connectivity index (χ4n) is 2.63. The number of nitrogens with one attached hydrogen (secondary N) is 2. The van der Waals surface area contributed by atoms with Gasteiger partial charge in [-0.15, -0.1) is 0 Å². The van der Waals surface area contributed by atoms with Gasteiger partial charge in [0.2, 0.25) is 11.8 Å². The van der Waals surface area contributed by atoms with E-state index in [1.54, 1.807) is 38.5 Å². The maximum atomic E-state index is 12.2. The third-order valence-electron chi connectivity index (χ3n) is 3.80. The number of hydrogen-bond acceptors (Lipinski definition) is 5. The van der Waals surface area contributed by atoms with E-state index in [-0.39, 0.29) is 18.4 Å². The van der Waals surface area contributed by atoms with Crippen LogP contribution in [0.3, 0.4) is 0 Å². The van der Waals surface area contributed by atoms with Crippen molar-refractivity contribution in [2.45, 2.75) is 13.5 Å². The number of carbonyl (C=O) groups excluding carboxylic acids is 2. The van der Waals surface area contributed by atoms with Gasteiger partial charge >= 0.3 is 0 Å². The van der Waals surface area contributed by atoms with E-state index in [2.05, 4.69) is 10.6 Å². The van der Waals surface area contributed by atoms with Gasteiger partial charge in [0.15, 0.2) is 11.5 Å². The van der Waals surface area contributed by atoms with E-state index in [1.165, 1.54) is 6.92 Å². The fourth-order valence-corrected chi connectivity index (χ4v) is 2.63. The molecule has 7 heteroatoms. The number of ether oxygens (including phenoxy) is 2. The SMILES string of the molecule is COc1ccc(CN(C)CC(=O)Nc2ccc(NC(C)=O)cc2)cc1OC. The number of methoxy groups -OCH3 is 2. The number of anilines is 2. The molecule has 7 nitrogen and oxygen atoms in total. The molecule has 27 heavy (non-hydrogen) atoms. The van der Waals surface area contributed by atoms with Crippen LogP contribution in [0.25, 0.3) is 0 Å². The molecule has 0 fully saturated rings. The van der Waals surface area contributed by atoms with Crippen molar-refractivity contribution in [1.82, 2.24) is 4.90 Å². The maximum Gasteiger partial charge on any atom is 0.238 e. The lowest BCUT2D eigenvalue weighted by atomic mass is 10.2. The van der Waals surface area contributed by atoms with Crippen LogP contribution in [0, 0.1) is 0 Å². The maximum absolute atomic E-state index is 12.2. The van der Waals surface area contributed by atoms with Crippen LogP contribution in [-0.2, 0) is 16.1 Å². The summed E-state index contributed by atoms with van der Waals surface area (Å²) in [5.41, 5.74) is 2.38. The molecule has 0 aliphatic carbocycles. The number of carbonyl (C=O) groups is 2. The minimum Gasteiger partial charge on any atom is -0.493 e. The summed E-state index contributed by atoms with van der Waals surface area (Å²) in [5, 5.41) is 5.53. The molecule has 2 aromatic carbocycles. The molecular weight excluding hydrogens is 346 g/mol. The van der Waals surface area contributed by atoms with Crippen LogP contribution < -0.4 is 20.1 Å². The summed E-state index contributed by atoms with van der Waals surface area (Å²) in [6.07, 6.45) is 0. The number of amides is 2. The Morgan fingerprint density at radius 3 is 2.07 bits per heavy atom. The number of benzene rings is 2. The van der Waals surface area contributed by atoms with Crippen molar-refractivity contribution in [2.24, 2.45) is 0 Å². The molecular formula is C20H25N3O4. The Bertz CT molecular complexity index is 790. The highest BCUT2D eigenvalue weighted by Gasteiger charge is 2.10. The average molecular weight is 371 g/mol. The summed E-state index contributed by atoms with van der Waals surface area (Å²) in [7, 11) is 5.06. The van der Waals surface area contributed by atoms with Crippen molar-refractivity contribution >= 4 is 23.2 Å². The van der Waals surface area contributed by atoms with Gasteiger partial charge in [-0.1, -0.05) is 6.07 Å². The van der Waals surface area contributed by atoms with Crippen LogP contribution in [0.5, 0.6) is 11.5 Å². The largest absolute Gasteiger partial charge is 0.493 e. The van der Waals surface area contributed by atoms with E-state index in [0.717, 1.165) is 5.56 Å². The Morgan fingerprint density at radius 1 is 0.926 bits per heavy atom. The smallest absolute Gasteiger partial charge is 0.238 e. The first kappa shape index (κ1) is 20.3. The van der Waals surface area contributed by atoms with E-state index >= 15 is 0 Å². The van der Waals surface area contributed by atoms with Gasteiger partial charge in [-0.3, -0.25) is 14.5 Å². The van der Waals surface area contributed by atoms with E-state index in [4.69, 9.17) is 9.47 Å². The van der Waals surface area contributed by atoms with Crippen molar-refractivity contribution in [3.05, 3.63) is 48.0 Å². The van der Waals surface area contributed by atoms with E-state index in [1.807, 2.05) is 30.1 Å². The zero-order valence-corrected chi connectivity index (χ0v) is 16.0. The quantitative estimate of drug-likeness (QED) is 0.746. The molecule has 0 aliphatic heterocycles. The van der Waals surface area contributed by atoms with E-state index < -0.39 is 0 Å². The van der Waals surface area contributed by atoms with Crippen LogP contribution in [0.2, 0.25) is 0 Å². The standard InChI is InChI=1S/C20H25N3O4/c1-14(24)21-16-6-8-17(9-7-16)22-20(25)13-23(2)12-15-5-10-18(26-3)19(11-15)27-4/h5-11H,12-13H2,1-4H3,(H,21,24)(H,22,25). The van der Waals surface area contributed by atoms with E-state index in [0.29, 0.717) is 29.4 Å². The lowest BCUT2D eigenvalue weighted by Crippen LogP contribution is -2.29. The van der Waals surface area contributed by atoms with Gasteiger partial charge in [0.1, 0.15) is 0 Å². The van der Waals surface area contributed by atoms with Crippen molar-refractivity contribution in [3.63, 3.8) is 0 Å². The monoisotopic (exact) mass is 371 g/mol. The van der Waals surface area contributed by atoms with Gasteiger partial charge in [-0.2, -0.15) is 0 Å². The summed E-state index contributed by atoms with van der Waals surface area (Å²) in [5.74, 6) is 1.07. The topological polar surface area (TPSA) is 79.9 Å². The minimum atomic E-state index is -0.136. The second kappa shape index (κ2) is 9.59. The molecule has 2 amide bonds. The Balaban J connectivity index is 1.89. The normalized spacial score (nSPS) is 10.4. The van der Waals surface area contributed by atoms with Gasteiger partial charge < -0.3 is 20.1 Å². The summed E-state index contributed by atoms with van der Waals surface area (Å²) >= 11 is 0. The lowest BCUT2D eigenvalue weighted by molar-refractivity contribution is -0.117. The number of hydrogen-bond donors (Lipinski definition) is 2. The van der Waals surface area contributed by atoms with Crippen molar-refractivity contribution in [2.75, 3.05) is 38.4 Å². The molecule has 0 bridgehead atoms. The van der Waals surface area contributed by atoms with Gasteiger partial charge in [0.25, 0.3) is 0 Å². The molecule has 2 N–H and O–H groups in total. The van der Waals surface area contributed by atoms with Crippen LogP contribution in [0.15, 0.2) is 42.5 Å². The van der Waals surface area contributed by atoms with Gasteiger partial charge in [-0.25, -0.2) is 0 Å². The Kier molecular flexibility index (Phi) is 7.19. The third-order valence-corrected chi connectivity index (χ3v) is 3.80. The predicted octanol–water partition coefficient (Wildman–Crippen LogP) is 2.73. The number of rotatable bonds is 8. The van der Waals surface area contributed by atoms with Crippen molar-refractivity contribution in [1.29, 1.82) is 0 Å². The molecule has 0 radical (unpaired) electrons. The Hall–Kier alpha value is -3.06. The van der Waals surface area contributed by atoms with Crippen LogP contribution in [0.4, 0.5) is 11.4 Å². The van der Waals surface area contributed by atoms with Gasteiger partial charge in [-0.05, 0) is 49.0 Å². The van der Waals surface area contributed by atoms with Crippen molar-refractivity contribution in [3.8, 4) is 11.5 Å². The highest BCUT2D eigenvalue weighted by molar-refractivity contribution is 5.93. The molecule has 2 aromatic rings. The zero-order chi connectivity index (χ0) is 19.8. The first-order valence-electron chi connectivity index (χ1n) is 8.48. The average Bonchev–Trinajstić information content (AvgIpc) is 2.62. The van der Waals surface area contributed by atoms with Crippen LogP contribution in [-0.4, -0.2) is 44.5 Å². The summed E-state index contributed by atoms with van der Waals surface area (Å²) in [6, 6.07) is 12.7. The highest BCUT2D eigenvalue weighted by atomic mass is 16.5. The van der Waals surface area contributed by atoms with E-state index in [9.17, 15) is 9.59 Å². The summed E-state index contributed by atoms with van der Waals surface area (Å²) in [4.78, 5) is 25.2. The molecule has 0 aliphatic rings. The summed E-state index contributed by atoms with van der Waals surface area (Å²) < 4.78 is 10.5. The minimum absolute atomic E-state index is 0.120.